The van der Waals surface area contributed by atoms with Crippen LogP contribution in [0.4, 0.5) is 5.69 Å². The van der Waals surface area contributed by atoms with Gasteiger partial charge in [0.15, 0.2) is 0 Å². The van der Waals surface area contributed by atoms with Crippen LogP contribution in [0.2, 0.25) is 0 Å². The highest BCUT2D eigenvalue weighted by molar-refractivity contribution is 9.10. The van der Waals surface area contributed by atoms with E-state index in [1.54, 1.807) is 29.6 Å². The van der Waals surface area contributed by atoms with Gasteiger partial charge in [-0.15, -0.1) is 11.3 Å². The number of nitrogens with one attached hydrogen (secondary N) is 2. The summed E-state index contributed by atoms with van der Waals surface area (Å²) in [4.78, 5) is 12.6. The van der Waals surface area contributed by atoms with Crippen molar-refractivity contribution in [2.75, 3.05) is 12.4 Å². The fraction of sp³-hybridized carbons (Fsp3) is 0.0833. The van der Waals surface area contributed by atoms with Crippen LogP contribution in [0.15, 0.2) is 45.1 Å². The molecule has 1 aromatic carbocycles. The Morgan fingerprint density at radius 1 is 1.25 bits per heavy atom. The molecule has 0 radical (unpaired) electrons. The van der Waals surface area contributed by atoms with Gasteiger partial charge in [-0.2, -0.15) is 0 Å². The van der Waals surface area contributed by atoms with E-state index >= 15 is 0 Å². The summed E-state index contributed by atoms with van der Waals surface area (Å²) in [6.45, 7) is 0. The number of thiophene rings is 1. The maximum Gasteiger partial charge on any atom is 0.266 e. The number of hydrogen-bond donors (Lipinski definition) is 2. The van der Waals surface area contributed by atoms with Crippen LogP contribution < -0.4 is 10.0 Å². The molecule has 1 aromatic heterocycles. The van der Waals surface area contributed by atoms with E-state index in [4.69, 9.17) is 0 Å². The molecule has 2 N–H and O–H groups in total. The van der Waals surface area contributed by atoms with Gasteiger partial charge in [0.2, 0.25) is 10.0 Å². The summed E-state index contributed by atoms with van der Waals surface area (Å²) < 4.78 is 26.7. The zero-order chi connectivity index (χ0) is 14.8. The molecular weight excluding hydrogens is 364 g/mol. The van der Waals surface area contributed by atoms with Crippen LogP contribution in [0.3, 0.4) is 0 Å². The normalized spacial score (nSPS) is 11.3. The fourth-order valence-electron chi connectivity index (χ4n) is 1.55. The molecule has 20 heavy (non-hydrogen) atoms. The van der Waals surface area contributed by atoms with Crippen molar-refractivity contribution in [3.8, 4) is 0 Å². The van der Waals surface area contributed by atoms with Gasteiger partial charge in [-0.3, -0.25) is 4.79 Å². The Kier molecular flexibility index (Phi) is 4.59. The summed E-state index contributed by atoms with van der Waals surface area (Å²) in [6, 6.07) is 8.00. The minimum absolute atomic E-state index is 0.0310. The lowest BCUT2D eigenvalue weighted by Gasteiger charge is -2.10. The molecule has 0 fully saturated rings. The number of carbonyl (C=O) groups excluding carboxylic acids is 1. The molecule has 0 atom stereocenters. The van der Waals surface area contributed by atoms with E-state index in [-0.39, 0.29) is 16.5 Å². The van der Waals surface area contributed by atoms with Crippen molar-refractivity contribution >= 4 is 48.9 Å². The maximum absolute atomic E-state index is 12.1. The molecule has 5 nitrogen and oxygen atoms in total. The second-order valence-corrected chi connectivity index (χ2v) is 7.38. The number of hydrogen-bond acceptors (Lipinski definition) is 4. The Morgan fingerprint density at radius 2 is 1.95 bits per heavy atom. The lowest BCUT2D eigenvalue weighted by Crippen LogP contribution is -2.21. The largest absolute Gasteiger partial charge is 0.320 e. The van der Waals surface area contributed by atoms with Crippen molar-refractivity contribution in [2.24, 2.45) is 0 Å². The molecule has 0 bridgehead atoms. The van der Waals surface area contributed by atoms with E-state index in [9.17, 15) is 13.2 Å². The van der Waals surface area contributed by atoms with Gasteiger partial charge < -0.3 is 5.32 Å². The summed E-state index contributed by atoms with van der Waals surface area (Å²) in [5, 5.41) is 4.39. The Bertz CT molecular complexity index is 741. The number of carbonyl (C=O) groups is 1. The van der Waals surface area contributed by atoms with Crippen molar-refractivity contribution in [2.45, 2.75) is 4.90 Å². The number of rotatable bonds is 4. The van der Waals surface area contributed by atoms with E-state index < -0.39 is 10.0 Å². The first-order chi connectivity index (χ1) is 9.45. The van der Waals surface area contributed by atoms with E-state index in [1.165, 1.54) is 24.5 Å². The predicted molar refractivity (Wildman–Crippen MR) is 82.7 cm³/mol. The quantitative estimate of drug-likeness (QED) is 0.863. The third kappa shape index (κ3) is 3.09. The molecule has 0 aliphatic carbocycles. The van der Waals surface area contributed by atoms with Crippen LogP contribution >= 0.6 is 27.3 Å². The maximum atomic E-state index is 12.1. The molecular formula is C12H11BrN2O3S2. The van der Waals surface area contributed by atoms with Crippen molar-refractivity contribution in [1.82, 2.24) is 4.72 Å². The van der Waals surface area contributed by atoms with Crippen LogP contribution in [-0.4, -0.2) is 21.4 Å². The number of benzene rings is 1. The van der Waals surface area contributed by atoms with E-state index in [1.807, 2.05) is 0 Å². The van der Waals surface area contributed by atoms with Crippen LogP contribution in [0, 0.1) is 0 Å². The second kappa shape index (κ2) is 6.04. The van der Waals surface area contributed by atoms with Gasteiger partial charge >= 0.3 is 0 Å². The highest BCUT2D eigenvalue weighted by Gasteiger charge is 2.19. The molecule has 2 rings (SSSR count). The minimum atomic E-state index is -3.63. The van der Waals surface area contributed by atoms with Crippen LogP contribution in [0.5, 0.6) is 0 Å². The Balaban J connectivity index is 2.36. The number of sulfonamides is 1. The lowest BCUT2D eigenvalue weighted by atomic mass is 10.3. The molecule has 0 saturated heterocycles. The summed E-state index contributed by atoms with van der Waals surface area (Å²) >= 11 is 4.54. The van der Waals surface area contributed by atoms with Gasteiger partial charge in [0.25, 0.3) is 5.91 Å². The topological polar surface area (TPSA) is 75.3 Å². The molecule has 8 heteroatoms. The third-order valence-corrected chi connectivity index (χ3v) is 5.83. The molecule has 0 unspecified atom stereocenters. The first-order valence-electron chi connectivity index (χ1n) is 5.52. The number of amides is 1. The lowest BCUT2D eigenvalue weighted by molar-refractivity contribution is 0.102. The summed E-state index contributed by atoms with van der Waals surface area (Å²) in [6.07, 6.45) is 0. The molecule has 0 aliphatic heterocycles. The molecule has 0 saturated carbocycles. The van der Waals surface area contributed by atoms with Crippen molar-refractivity contribution in [1.29, 1.82) is 0 Å². The summed E-state index contributed by atoms with van der Waals surface area (Å²) in [7, 11) is -2.30. The van der Waals surface area contributed by atoms with E-state index in [0.29, 0.717) is 9.35 Å². The third-order valence-electron chi connectivity index (χ3n) is 2.52. The monoisotopic (exact) mass is 374 g/mol. The Hall–Kier alpha value is -1.22. The summed E-state index contributed by atoms with van der Waals surface area (Å²) in [5.41, 5.74) is 0.243. The van der Waals surface area contributed by atoms with Gasteiger partial charge in [0.1, 0.15) is 9.77 Å². The highest BCUT2D eigenvalue weighted by atomic mass is 79.9. The van der Waals surface area contributed by atoms with Crippen LogP contribution in [0.1, 0.15) is 9.67 Å². The first kappa shape index (κ1) is 15.2. The smallest absolute Gasteiger partial charge is 0.266 e. The number of anilines is 1. The van der Waals surface area contributed by atoms with Crippen LogP contribution in [-0.2, 0) is 10.0 Å². The van der Waals surface area contributed by atoms with Gasteiger partial charge in [0.05, 0.1) is 5.69 Å². The van der Waals surface area contributed by atoms with Gasteiger partial charge in [-0.25, -0.2) is 13.1 Å². The summed E-state index contributed by atoms with van der Waals surface area (Å²) in [5.74, 6) is -0.356. The molecule has 1 heterocycles. The molecule has 0 spiro atoms. The Morgan fingerprint density at radius 3 is 2.55 bits per heavy atom. The average molecular weight is 375 g/mol. The van der Waals surface area contributed by atoms with Gasteiger partial charge in [-0.1, -0.05) is 12.1 Å². The van der Waals surface area contributed by atoms with Gasteiger partial charge in [-0.05, 0) is 46.6 Å². The van der Waals surface area contributed by atoms with E-state index in [0.717, 1.165) is 0 Å². The Labute approximate surface area is 129 Å². The van der Waals surface area contributed by atoms with Crippen molar-refractivity contribution in [3.05, 3.63) is 45.1 Å². The SMILES string of the molecule is CNS(=O)(=O)c1ccccc1NC(=O)c1sccc1Br. The number of para-hydroxylation sites is 1. The zero-order valence-corrected chi connectivity index (χ0v) is 13.6. The average Bonchev–Trinajstić information content (AvgIpc) is 2.85. The van der Waals surface area contributed by atoms with Crippen molar-refractivity contribution < 1.29 is 13.2 Å². The van der Waals surface area contributed by atoms with Crippen molar-refractivity contribution in [3.63, 3.8) is 0 Å². The first-order valence-corrected chi connectivity index (χ1v) is 8.68. The fourth-order valence-corrected chi connectivity index (χ4v) is 3.88. The molecule has 1 amide bonds. The highest BCUT2D eigenvalue weighted by Crippen LogP contribution is 2.26. The standard InChI is InChI=1S/C12H11BrN2O3S2/c1-14-20(17,18)10-5-3-2-4-9(10)15-12(16)11-8(13)6-7-19-11/h2-7,14H,1H3,(H,15,16). The molecule has 0 aliphatic rings. The zero-order valence-electron chi connectivity index (χ0n) is 10.4. The minimum Gasteiger partial charge on any atom is -0.320 e. The van der Waals surface area contributed by atoms with Gasteiger partial charge in [0, 0.05) is 4.47 Å². The molecule has 106 valence electrons. The molecule has 2 aromatic rings. The van der Waals surface area contributed by atoms with E-state index in [2.05, 4.69) is 26.0 Å². The van der Waals surface area contributed by atoms with Crippen LogP contribution in [0.25, 0.3) is 0 Å². The second-order valence-electron chi connectivity index (χ2n) is 3.76. The number of halogens is 1. The predicted octanol–water partition coefficient (Wildman–Crippen LogP) is 2.67.